The van der Waals surface area contributed by atoms with Crippen molar-refractivity contribution in [1.82, 2.24) is 10.2 Å². The second kappa shape index (κ2) is 10.7. The second-order valence-corrected chi connectivity index (χ2v) is 8.90. The van der Waals surface area contributed by atoms with Crippen molar-refractivity contribution in [2.24, 2.45) is 0 Å². The number of hydrogen-bond donors (Lipinski definition) is 1. The number of hydrogen-bond acceptors (Lipinski definition) is 4. The van der Waals surface area contributed by atoms with E-state index < -0.39 is 11.9 Å². The fourth-order valence-electron chi connectivity index (χ4n) is 3.57. The van der Waals surface area contributed by atoms with Gasteiger partial charge in [0.2, 0.25) is 0 Å². The molecule has 3 aromatic carbocycles. The van der Waals surface area contributed by atoms with Crippen molar-refractivity contribution in [1.29, 1.82) is 0 Å². The summed E-state index contributed by atoms with van der Waals surface area (Å²) in [5, 5.41) is 2.65. The van der Waals surface area contributed by atoms with Gasteiger partial charge in [-0.1, -0.05) is 42.0 Å². The first-order valence-electron chi connectivity index (χ1n) is 11.1. The van der Waals surface area contributed by atoms with Crippen LogP contribution < -0.4 is 14.8 Å². The maximum atomic E-state index is 13.2. The van der Waals surface area contributed by atoms with Crippen LogP contribution in [0.2, 0.25) is 0 Å². The summed E-state index contributed by atoms with van der Waals surface area (Å²) in [6.07, 6.45) is 1.60. The van der Waals surface area contributed by atoms with E-state index in [-0.39, 0.29) is 24.7 Å². The number of aryl methyl sites for hydroxylation is 1. The molecule has 3 amide bonds. The van der Waals surface area contributed by atoms with Crippen LogP contribution in [0.1, 0.15) is 29.2 Å². The van der Waals surface area contributed by atoms with Crippen molar-refractivity contribution in [3.8, 4) is 11.5 Å². The lowest BCUT2D eigenvalue weighted by molar-refractivity contribution is -0.123. The third kappa shape index (κ3) is 5.89. The minimum atomic E-state index is -0.467. The molecule has 1 N–H and O–H groups in total. The predicted octanol–water partition coefficient (Wildman–Crippen LogP) is 5.97. The number of rotatable bonds is 8. The van der Waals surface area contributed by atoms with Gasteiger partial charge in [-0.2, -0.15) is 0 Å². The third-order valence-corrected chi connectivity index (χ3v) is 5.95. The molecule has 1 aliphatic rings. The summed E-state index contributed by atoms with van der Waals surface area (Å²) in [4.78, 5) is 26.6. The molecule has 0 bridgehead atoms. The molecule has 0 spiro atoms. The molecule has 180 valence electrons. The summed E-state index contributed by atoms with van der Waals surface area (Å²) in [5.41, 5.74) is 3.60. The maximum absolute atomic E-state index is 13.2. The fraction of sp³-hybridized carbons (Fsp3) is 0.185. The highest BCUT2D eigenvalue weighted by molar-refractivity contribution is 9.10. The van der Waals surface area contributed by atoms with E-state index in [0.29, 0.717) is 28.1 Å². The second-order valence-electron chi connectivity index (χ2n) is 8.04. The summed E-state index contributed by atoms with van der Waals surface area (Å²) in [7, 11) is 0. The Kier molecular flexibility index (Phi) is 7.51. The molecule has 1 fully saturated rings. The Morgan fingerprint density at radius 3 is 2.37 bits per heavy atom. The monoisotopic (exact) mass is 538 g/mol. The highest BCUT2D eigenvalue weighted by Crippen LogP contribution is 2.38. The zero-order valence-electron chi connectivity index (χ0n) is 19.3. The average molecular weight is 539 g/mol. The van der Waals surface area contributed by atoms with Gasteiger partial charge >= 0.3 is 6.03 Å². The summed E-state index contributed by atoms with van der Waals surface area (Å²) in [6.45, 7) is 4.65. The molecule has 3 aromatic rings. The maximum Gasteiger partial charge on any atom is 0.329 e. The van der Waals surface area contributed by atoms with Gasteiger partial charge in [-0.15, -0.1) is 0 Å². The van der Waals surface area contributed by atoms with Crippen molar-refractivity contribution >= 4 is 33.9 Å². The van der Waals surface area contributed by atoms with Gasteiger partial charge in [0.05, 0.1) is 17.6 Å². The number of nitrogens with one attached hydrogen (secondary N) is 1. The van der Waals surface area contributed by atoms with E-state index >= 15 is 0 Å². The Labute approximate surface area is 211 Å². The van der Waals surface area contributed by atoms with Gasteiger partial charge in [0, 0.05) is 0 Å². The molecular weight excluding hydrogens is 515 g/mol. The molecule has 8 heteroatoms. The van der Waals surface area contributed by atoms with Gasteiger partial charge in [-0.3, -0.25) is 9.69 Å². The molecule has 4 rings (SSSR count). The van der Waals surface area contributed by atoms with E-state index in [9.17, 15) is 14.0 Å². The van der Waals surface area contributed by atoms with E-state index in [0.717, 1.165) is 16.7 Å². The average Bonchev–Trinajstić information content (AvgIpc) is 3.08. The molecule has 35 heavy (non-hydrogen) atoms. The predicted molar refractivity (Wildman–Crippen MR) is 134 cm³/mol. The molecule has 0 saturated carbocycles. The van der Waals surface area contributed by atoms with Crippen LogP contribution in [0.15, 0.2) is 70.8 Å². The number of benzene rings is 3. The minimum Gasteiger partial charge on any atom is -0.490 e. The first-order chi connectivity index (χ1) is 16.8. The zero-order valence-corrected chi connectivity index (χ0v) is 20.9. The van der Waals surface area contributed by atoms with Crippen LogP contribution in [0.5, 0.6) is 11.5 Å². The third-order valence-electron chi connectivity index (χ3n) is 5.36. The quantitative estimate of drug-likeness (QED) is 0.283. The van der Waals surface area contributed by atoms with Crippen LogP contribution in [-0.4, -0.2) is 23.4 Å². The number of nitrogens with zero attached hydrogens (tertiary/aromatic N) is 1. The van der Waals surface area contributed by atoms with Crippen molar-refractivity contribution in [3.05, 3.63) is 98.9 Å². The van der Waals surface area contributed by atoms with Crippen molar-refractivity contribution in [2.75, 3.05) is 6.61 Å². The fourth-order valence-corrected chi connectivity index (χ4v) is 4.14. The molecular formula is C27H24BrFN2O4. The largest absolute Gasteiger partial charge is 0.490 e. The number of halogens is 2. The van der Waals surface area contributed by atoms with Crippen LogP contribution in [0, 0.1) is 12.7 Å². The lowest BCUT2D eigenvalue weighted by Crippen LogP contribution is -2.30. The Hall–Kier alpha value is -3.65. The normalized spacial score (nSPS) is 14.4. The highest BCUT2D eigenvalue weighted by atomic mass is 79.9. The summed E-state index contributed by atoms with van der Waals surface area (Å²) < 4.78 is 25.5. The topological polar surface area (TPSA) is 67.9 Å². The first-order valence-corrected chi connectivity index (χ1v) is 11.9. The molecule has 0 aromatic heterocycles. The Bertz CT molecular complexity index is 1270. The molecule has 6 nitrogen and oxygen atoms in total. The smallest absolute Gasteiger partial charge is 0.329 e. The van der Waals surface area contributed by atoms with Crippen LogP contribution in [0.4, 0.5) is 9.18 Å². The molecule has 0 atom stereocenters. The van der Waals surface area contributed by atoms with Crippen LogP contribution in [0.3, 0.4) is 0 Å². The van der Waals surface area contributed by atoms with E-state index in [4.69, 9.17) is 9.47 Å². The number of carbonyl (C=O) groups excluding carboxylic acids is 2. The van der Waals surface area contributed by atoms with Gasteiger partial charge in [-0.25, -0.2) is 9.18 Å². The van der Waals surface area contributed by atoms with Gasteiger partial charge in [0.1, 0.15) is 18.1 Å². The molecule has 0 aliphatic carbocycles. The van der Waals surface area contributed by atoms with E-state index in [1.165, 1.54) is 17.0 Å². The highest BCUT2D eigenvalue weighted by Gasteiger charge is 2.33. The Morgan fingerprint density at radius 2 is 1.69 bits per heavy atom. The zero-order chi connectivity index (χ0) is 24.9. The van der Waals surface area contributed by atoms with Crippen molar-refractivity contribution in [3.63, 3.8) is 0 Å². The summed E-state index contributed by atoms with van der Waals surface area (Å²) in [5.74, 6) is 0.250. The number of urea groups is 1. The van der Waals surface area contributed by atoms with Gasteiger partial charge < -0.3 is 14.8 Å². The van der Waals surface area contributed by atoms with E-state index in [2.05, 4.69) is 21.2 Å². The molecule has 1 saturated heterocycles. The van der Waals surface area contributed by atoms with Gasteiger partial charge in [0.15, 0.2) is 11.5 Å². The Morgan fingerprint density at radius 1 is 1.00 bits per heavy atom. The van der Waals surface area contributed by atoms with Crippen LogP contribution in [-0.2, 0) is 17.9 Å². The number of ether oxygens (including phenoxy) is 2. The lowest BCUT2D eigenvalue weighted by Gasteiger charge is -2.15. The summed E-state index contributed by atoms with van der Waals surface area (Å²) in [6, 6.07) is 16.8. The first kappa shape index (κ1) is 24.5. The standard InChI is InChI=1S/C27H24BrFN2O4/c1-3-34-24-14-20(12-22(28)25(24)35-16-19-8-10-21(29)11-9-19)13-23-26(32)31(27(33)30-23)15-18-6-4-17(2)5-7-18/h4-14H,3,15-16H2,1-2H3,(H,30,33)/b23-13+. The Balaban J connectivity index is 1.54. The number of amides is 3. The van der Waals surface area contributed by atoms with E-state index in [1.54, 1.807) is 30.3 Å². The molecule has 1 heterocycles. The van der Waals surface area contributed by atoms with Gasteiger partial charge in [0.25, 0.3) is 5.91 Å². The molecule has 1 aliphatic heterocycles. The van der Waals surface area contributed by atoms with Crippen LogP contribution >= 0.6 is 15.9 Å². The molecule has 0 unspecified atom stereocenters. The number of carbonyl (C=O) groups is 2. The van der Waals surface area contributed by atoms with Gasteiger partial charge in [-0.05, 0) is 76.8 Å². The minimum absolute atomic E-state index is 0.177. The van der Waals surface area contributed by atoms with Crippen molar-refractivity contribution in [2.45, 2.75) is 27.0 Å². The number of imide groups is 1. The summed E-state index contributed by atoms with van der Waals surface area (Å²) >= 11 is 3.51. The SMILES string of the molecule is CCOc1cc(/C=C2/NC(=O)N(Cc3ccc(C)cc3)C2=O)cc(Br)c1OCc1ccc(F)cc1. The lowest BCUT2D eigenvalue weighted by atomic mass is 10.1. The van der Waals surface area contributed by atoms with Crippen molar-refractivity contribution < 1.29 is 23.5 Å². The molecule has 0 radical (unpaired) electrons. The van der Waals surface area contributed by atoms with Crippen LogP contribution in [0.25, 0.3) is 6.08 Å². The van der Waals surface area contributed by atoms with E-state index in [1.807, 2.05) is 38.1 Å².